The molecule has 2 aromatic rings. The molecule has 7 heteroatoms. The Hall–Kier alpha value is -2.02. The standard InChI is InChI=1S/C15H16F3N3O/c1-22-12-4-2-3-10-11(15(16,17)18)9-13(20-14(10)12)21-7-5-19-6-8-21/h2-4,9,19H,5-8H2,1H3. The molecular weight excluding hydrogens is 295 g/mol. The van der Waals surface area contributed by atoms with E-state index in [9.17, 15) is 13.2 Å². The monoisotopic (exact) mass is 311 g/mol. The molecule has 0 spiro atoms. The Balaban J connectivity index is 2.21. The van der Waals surface area contributed by atoms with Crippen LogP contribution < -0.4 is 15.0 Å². The molecule has 0 bridgehead atoms. The lowest BCUT2D eigenvalue weighted by Crippen LogP contribution is -2.44. The number of methoxy groups -OCH3 is 1. The second-order valence-electron chi connectivity index (χ2n) is 5.12. The molecule has 0 saturated carbocycles. The molecule has 1 N–H and O–H groups in total. The van der Waals surface area contributed by atoms with Gasteiger partial charge < -0.3 is 15.0 Å². The number of ether oxygens (including phenoxy) is 1. The summed E-state index contributed by atoms with van der Waals surface area (Å²) in [4.78, 5) is 6.28. The highest BCUT2D eigenvalue weighted by molar-refractivity contribution is 5.89. The number of hydrogen-bond donors (Lipinski definition) is 1. The fourth-order valence-electron chi connectivity index (χ4n) is 2.66. The van der Waals surface area contributed by atoms with Crippen LogP contribution in [0.2, 0.25) is 0 Å². The molecule has 1 aliphatic rings. The quantitative estimate of drug-likeness (QED) is 0.925. The second kappa shape index (κ2) is 5.64. The van der Waals surface area contributed by atoms with Gasteiger partial charge >= 0.3 is 6.18 Å². The Kier molecular flexibility index (Phi) is 3.82. The van der Waals surface area contributed by atoms with Crippen LogP contribution in [0.5, 0.6) is 5.75 Å². The van der Waals surface area contributed by atoms with Gasteiger partial charge in [-0.3, -0.25) is 0 Å². The molecule has 22 heavy (non-hydrogen) atoms. The summed E-state index contributed by atoms with van der Waals surface area (Å²) in [5, 5.41) is 3.23. The van der Waals surface area contributed by atoms with Crippen molar-refractivity contribution < 1.29 is 17.9 Å². The van der Waals surface area contributed by atoms with Gasteiger partial charge in [0.2, 0.25) is 0 Å². The van der Waals surface area contributed by atoms with Crippen LogP contribution in [-0.4, -0.2) is 38.3 Å². The minimum Gasteiger partial charge on any atom is -0.494 e. The van der Waals surface area contributed by atoms with E-state index in [4.69, 9.17) is 4.74 Å². The zero-order valence-electron chi connectivity index (χ0n) is 12.1. The van der Waals surface area contributed by atoms with Gasteiger partial charge in [-0.1, -0.05) is 12.1 Å². The van der Waals surface area contributed by atoms with Crippen molar-refractivity contribution in [3.05, 3.63) is 29.8 Å². The van der Waals surface area contributed by atoms with E-state index in [-0.39, 0.29) is 10.9 Å². The topological polar surface area (TPSA) is 37.4 Å². The van der Waals surface area contributed by atoms with Crippen LogP contribution in [0.25, 0.3) is 10.9 Å². The first kappa shape index (κ1) is 14.9. The van der Waals surface area contributed by atoms with Gasteiger partial charge in [0.05, 0.1) is 12.7 Å². The van der Waals surface area contributed by atoms with Crippen LogP contribution in [0.4, 0.5) is 19.0 Å². The predicted octanol–water partition coefficient (Wildman–Crippen LogP) is 2.67. The Bertz CT molecular complexity index is 682. The van der Waals surface area contributed by atoms with E-state index in [1.165, 1.54) is 13.2 Å². The summed E-state index contributed by atoms with van der Waals surface area (Å²) < 4.78 is 45.4. The normalized spacial score (nSPS) is 16.1. The summed E-state index contributed by atoms with van der Waals surface area (Å²) in [5.74, 6) is 0.686. The van der Waals surface area contributed by atoms with Crippen LogP contribution in [-0.2, 0) is 6.18 Å². The summed E-state index contributed by atoms with van der Waals surface area (Å²) in [6.45, 7) is 2.72. The smallest absolute Gasteiger partial charge is 0.417 e. The van der Waals surface area contributed by atoms with Gasteiger partial charge in [0.1, 0.15) is 17.1 Å². The first-order chi connectivity index (χ1) is 10.5. The molecule has 4 nitrogen and oxygen atoms in total. The molecule has 1 aromatic carbocycles. The van der Waals surface area contributed by atoms with Crippen molar-refractivity contribution in [2.24, 2.45) is 0 Å². The Morgan fingerprint density at radius 2 is 1.95 bits per heavy atom. The molecule has 1 fully saturated rings. The fourth-order valence-corrected chi connectivity index (χ4v) is 2.66. The maximum Gasteiger partial charge on any atom is 0.417 e. The number of nitrogens with zero attached hydrogens (tertiary/aromatic N) is 2. The third-order valence-corrected chi connectivity index (χ3v) is 3.76. The number of pyridine rings is 1. The fraction of sp³-hybridized carbons (Fsp3) is 0.400. The summed E-state index contributed by atoms with van der Waals surface area (Å²) in [6, 6.07) is 5.72. The summed E-state index contributed by atoms with van der Waals surface area (Å²) in [7, 11) is 1.43. The number of rotatable bonds is 2. The first-order valence-corrected chi connectivity index (χ1v) is 7.01. The lowest BCUT2D eigenvalue weighted by Gasteiger charge is -2.29. The lowest BCUT2D eigenvalue weighted by molar-refractivity contribution is -0.136. The third-order valence-electron chi connectivity index (χ3n) is 3.76. The Labute approximate surface area is 125 Å². The maximum absolute atomic E-state index is 13.4. The number of anilines is 1. The van der Waals surface area contributed by atoms with Crippen molar-refractivity contribution in [3.63, 3.8) is 0 Å². The van der Waals surface area contributed by atoms with Crippen molar-refractivity contribution in [3.8, 4) is 5.75 Å². The van der Waals surface area contributed by atoms with E-state index in [0.717, 1.165) is 19.2 Å². The van der Waals surface area contributed by atoms with E-state index in [2.05, 4.69) is 10.3 Å². The number of alkyl halides is 3. The number of para-hydroxylation sites is 1. The van der Waals surface area contributed by atoms with E-state index >= 15 is 0 Å². The van der Waals surface area contributed by atoms with Gasteiger partial charge in [-0.25, -0.2) is 4.98 Å². The maximum atomic E-state index is 13.4. The van der Waals surface area contributed by atoms with Crippen LogP contribution in [0.15, 0.2) is 24.3 Å². The van der Waals surface area contributed by atoms with Crippen molar-refractivity contribution in [1.29, 1.82) is 0 Å². The molecule has 0 amide bonds. The highest BCUT2D eigenvalue weighted by Gasteiger charge is 2.34. The highest BCUT2D eigenvalue weighted by atomic mass is 19.4. The van der Waals surface area contributed by atoms with Crippen molar-refractivity contribution in [2.75, 3.05) is 38.2 Å². The highest BCUT2D eigenvalue weighted by Crippen LogP contribution is 2.38. The molecule has 1 aliphatic heterocycles. The van der Waals surface area contributed by atoms with Gasteiger partial charge in [-0.15, -0.1) is 0 Å². The second-order valence-corrected chi connectivity index (χ2v) is 5.12. The third kappa shape index (κ3) is 2.68. The summed E-state index contributed by atoms with van der Waals surface area (Å²) in [5.41, 5.74) is -0.432. The van der Waals surface area contributed by atoms with Gasteiger partial charge in [0.15, 0.2) is 0 Å². The average molecular weight is 311 g/mol. The molecule has 118 valence electrons. The first-order valence-electron chi connectivity index (χ1n) is 7.01. The van der Waals surface area contributed by atoms with Crippen LogP contribution in [0, 0.1) is 0 Å². The zero-order valence-corrected chi connectivity index (χ0v) is 12.1. The Morgan fingerprint density at radius 1 is 1.23 bits per heavy atom. The summed E-state index contributed by atoms with van der Waals surface area (Å²) >= 11 is 0. The van der Waals surface area contributed by atoms with E-state index in [0.29, 0.717) is 24.7 Å². The minimum atomic E-state index is -4.43. The minimum absolute atomic E-state index is 0.0609. The van der Waals surface area contributed by atoms with E-state index in [1.807, 2.05) is 4.90 Å². The molecule has 0 atom stereocenters. The van der Waals surface area contributed by atoms with Crippen molar-refractivity contribution in [2.45, 2.75) is 6.18 Å². The van der Waals surface area contributed by atoms with Gasteiger partial charge in [-0.05, 0) is 12.1 Å². The molecule has 3 rings (SSSR count). The number of hydrogen-bond acceptors (Lipinski definition) is 4. The largest absolute Gasteiger partial charge is 0.494 e. The van der Waals surface area contributed by atoms with E-state index < -0.39 is 11.7 Å². The van der Waals surface area contributed by atoms with Crippen LogP contribution in [0.1, 0.15) is 5.56 Å². The number of fused-ring (bicyclic) bond motifs is 1. The van der Waals surface area contributed by atoms with Crippen LogP contribution >= 0.6 is 0 Å². The zero-order chi connectivity index (χ0) is 15.7. The number of piperazine rings is 1. The Morgan fingerprint density at radius 3 is 2.59 bits per heavy atom. The molecule has 1 aromatic heterocycles. The van der Waals surface area contributed by atoms with Crippen molar-refractivity contribution >= 4 is 16.7 Å². The molecule has 0 aliphatic carbocycles. The predicted molar refractivity (Wildman–Crippen MR) is 78.4 cm³/mol. The molecule has 2 heterocycles. The molecule has 0 unspecified atom stereocenters. The van der Waals surface area contributed by atoms with Gasteiger partial charge in [0, 0.05) is 31.6 Å². The average Bonchev–Trinajstić information content (AvgIpc) is 2.53. The molecule has 0 radical (unpaired) electrons. The molecule has 1 saturated heterocycles. The SMILES string of the molecule is COc1cccc2c(C(F)(F)F)cc(N3CCNCC3)nc12. The number of aromatic nitrogens is 1. The number of nitrogens with one attached hydrogen (secondary N) is 1. The van der Waals surface area contributed by atoms with Gasteiger partial charge in [0.25, 0.3) is 0 Å². The van der Waals surface area contributed by atoms with E-state index in [1.54, 1.807) is 12.1 Å². The lowest BCUT2D eigenvalue weighted by atomic mass is 10.1. The number of halogens is 3. The van der Waals surface area contributed by atoms with Gasteiger partial charge in [-0.2, -0.15) is 13.2 Å². The van der Waals surface area contributed by atoms with Crippen LogP contribution in [0.3, 0.4) is 0 Å². The summed E-state index contributed by atoms with van der Waals surface area (Å²) in [6.07, 6.45) is -4.43. The van der Waals surface area contributed by atoms with Crippen molar-refractivity contribution in [1.82, 2.24) is 10.3 Å². The molecular formula is C15H16F3N3O. The number of benzene rings is 1.